The van der Waals surface area contributed by atoms with Crippen LogP contribution in [0.3, 0.4) is 0 Å². The molecule has 0 bridgehead atoms. The number of carboxylic acids is 1. The first-order chi connectivity index (χ1) is 7.68. The lowest BCUT2D eigenvalue weighted by molar-refractivity contribution is -0.142. The summed E-state index contributed by atoms with van der Waals surface area (Å²) in [6, 6.07) is 7.65. The van der Waals surface area contributed by atoms with Gasteiger partial charge >= 0.3 is 5.97 Å². The van der Waals surface area contributed by atoms with E-state index in [2.05, 4.69) is 15.9 Å². The van der Waals surface area contributed by atoms with Crippen LogP contribution in [-0.2, 0) is 11.3 Å². The van der Waals surface area contributed by atoms with Crippen LogP contribution in [0.5, 0.6) is 0 Å². The number of carbonyl (C=O) groups is 1. The van der Waals surface area contributed by atoms with Crippen molar-refractivity contribution in [2.24, 2.45) is 0 Å². The Bertz CT molecular complexity index is 394. The lowest BCUT2D eigenvalue weighted by Crippen LogP contribution is -2.35. The minimum atomic E-state index is -0.704. The van der Waals surface area contributed by atoms with Crippen LogP contribution in [0.4, 0.5) is 0 Å². The van der Waals surface area contributed by atoms with Crippen LogP contribution in [-0.4, -0.2) is 28.6 Å². The van der Waals surface area contributed by atoms with Gasteiger partial charge in [0.25, 0.3) is 0 Å². The predicted molar refractivity (Wildman–Crippen MR) is 65.2 cm³/mol. The minimum absolute atomic E-state index is 0.313. The van der Waals surface area contributed by atoms with E-state index in [9.17, 15) is 4.79 Å². The van der Waals surface area contributed by atoms with Gasteiger partial charge in [-0.3, -0.25) is 9.69 Å². The van der Waals surface area contributed by atoms with E-state index in [0.29, 0.717) is 6.54 Å². The van der Waals surface area contributed by atoms with Crippen LogP contribution in [0.1, 0.15) is 18.4 Å². The quantitative estimate of drug-likeness (QED) is 0.927. The fourth-order valence-corrected chi connectivity index (χ4v) is 2.55. The maximum Gasteiger partial charge on any atom is 0.320 e. The van der Waals surface area contributed by atoms with Crippen molar-refractivity contribution in [3.63, 3.8) is 0 Å². The van der Waals surface area contributed by atoms with Crippen LogP contribution in [0.2, 0.25) is 0 Å². The first-order valence-electron chi connectivity index (χ1n) is 5.39. The van der Waals surface area contributed by atoms with Gasteiger partial charge in [-0.2, -0.15) is 0 Å². The SMILES string of the molecule is O=C(O)C1CCCN1Cc1ccccc1Br. The molecule has 16 heavy (non-hydrogen) atoms. The Morgan fingerprint density at radius 2 is 2.25 bits per heavy atom. The van der Waals surface area contributed by atoms with Gasteiger partial charge < -0.3 is 5.11 Å². The second-order valence-electron chi connectivity index (χ2n) is 4.06. The summed E-state index contributed by atoms with van der Waals surface area (Å²) in [5.41, 5.74) is 1.15. The van der Waals surface area contributed by atoms with Gasteiger partial charge in [-0.1, -0.05) is 34.1 Å². The van der Waals surface area contributed by atoms with Crippen molar-refractivity contribution in [2.45, 2.75) is 25.4 Å². The van der Waals surface area contributed by atoms with Crippen molar-refractivity contribution in [3.8, 4) is 0 Å². The molecule has 1 aliphatic rings. The van der Waals surface area contributed by atoms with Crippen LogP contribution in [0.15, 0.2) is 28.7 Å². The molecule has 4 heteroatoms. The lowest BCUT2D eigenvalue weighted by atomic mass is 10.2. The maximum atomic E-state index is 11.0. The molecule has 1 N–H and O–H groups in total. The third-order valence-corrected chi connectivity index (χ3v) is 3.75. The third-order valence-electron chi connectivity index (χ3n) is 2.98. The van der Waals surface area contributed by atoms with Crippen molar-refractivity contribution >= 4 is 21.9 Å². The van der Waals surface area contributed by atoms with Crippen molar-refractivity contribution in [1.29, 1.82) is 0 Å². The Labute approximate surface area is 103 Å². The lowest BCUT2D eigenvalue weighted by Gasteiger charge is -2.21. The Morgan fingerprint density at radius 1 is 1.50 bits per heavy atom. The van der Waals surface area contributed by atoms with E-state index >= 15 is 0 Å². The molecular weight excluding hydrogens is 270 g/mol. The Balaban J connectivity index is 2.10. The fourth-order valence-electron chi connectivity index (χ4n) is 2.14. The van der Waals surface area contributed by atoms with Crippen molar-refractivity contribution < 1.29 is 9.90 Å². The highest BCUT2D eigenvalue weighted by atomic mass is 79.9. The summed E-state index contributed by atoms with van der Waals surface area (Å²) in [5.74, 6) is -0.704. The molecule has 1 aromatic carbocycles. The minimum Gasteiger partial charge on any atom is -0.480 e. The zero-order valence-corrected chi connectivity index (χ0v) is 10.5. The third kappa shape index (κ3) is 2.44. The summed E-state index contributed by atoms with van der Waals surface area (Å²) in [6.07, 6.45) is 1.74. The molecule has 0 radical (unpaired) electrons. The highest BCUT2D eigenvalue weighted by molar-refractivity contribution is 9.10. The zero-order valence-electron chi connectivity index (χ0n) is 8.90. The number of nitrogens with zero attached hydrogens (tertiary/aromatic N) is 1. The molecule has 1 heterocycles. The van der Waals surface area contributed by atoms with Crippen LogP contribution >= 0.6 is 15.9 Å². The standard InChI is InChI=1S/C12H14BrNO2/c13-10-5-2-1-4-9(10)8-14-7-3-6-11(14)12(15)16/h1-2,4-5,11H,3,6-8H2,(H,15,16). The molecule has 1 aliphatic heterocycles. The van der Waals surface area contributed by atoms with E-state index in [1.54, 1.807) is 0 Å². The summed E-state index contributed by atoms with van der Waals surface area (Å²) in [5, 5.41) is 9.08. The van der Waals surface area contributed by atoms with E-state index in [1.165, 1.54) is 0 Å². The van der Waals surface area contributed by atoms with Crippen molar-refractivity contribution in [1.82, 2.24) is 4.90 Å². The molecule has 1 atom stereocenters. The summed E-state index contributed by atoms with van der Waals surface area (Å²) >= 11 is 3.49. The largest absolute Gasteiger partial charge is 0.480 e. The normalized spacial score (nSPS) is 21.2. The number of carboxylic acid groups (broad SMARTS) is 1. The molecule has 0 aromatic heterocycles. The van der Waals surface area contributed by atoms with E-state index in [4.69, 9.17) is 5.11 Å². The molecule has 0 saturated carbocycles. The summed E-state index contributed by atoms with van der Waals surface area (Å²) in [4.78, 5) is 13.1. The van der Waals surface area contributed by atoms with Gasteiger partial charge in [0, 0.05) is 11.0 Å². The molecular formula is C12H14BrNO2. The monoisotopic (exact) mass is 283 g/mol. The number of hydrogen-bond donors (Lipinski definition) is 1. The highest BCUT2D eigenvalue weighted by Crippen LogP contribution is 2.23. The van der Waals surface area contributed by atoms with E-state index in [-0.39, 0.29) is 6.04 Å². The fraction of sp³-hybridized carbons (Fsp3) is 0.417. The molecule has 1 saturated heterocycles. The second kappa shape index (κ2) is 4.97. The molecule has 86 valence electrons. The molecule has 1 fully saturated rings. The molecule has 2 rings (SSSR count). The van der Waals surface area contributed by atoms with Crippen LogP contribution in [0.25, 0.3) is 0 Å². The molecule has 1 aromatic rings. The van der Waals surface area contributed by atoms with Gasteiger partial charge in [0.15, 0.2) is 0 Å². The van der Waals surface area contributed by atoms with Gasteiger partial charge in [-0.05, 0) is 31.0 Å². The smallest absolute Gasteiger partial charge is 0.320 e. The number of halogens is 1. The highest BCUT2D eigenvalue weighted by Gasteiger charge is 2.30. The average molecular weight is 284 g/mol. The van der Waals surface area contributed by atoms with Crippen molar-refractivity contribution in [3.05, 3.63) is 34.3 Å². The maximum absolute atomic E-state index is 11.0. The summed E-state index contributed by atoms with van der Waals surface area (Å²) < 4.78 is 1.05. The number of aliphatic carboxylic acids is 1. The van der Waals surface area contributed by atoms with Crippen LogP contribution < -0.4 is 0 Å². The summed E-state index contributed by atoms with van der Waals surface area (Å²) in [6.45, 7) is 1.58. The Kier molecular flexibility index (Phi) is 3.61. The first-order valence-corrected chi connectivity index (χ1v) is 6.18. The average Bonchev–Trinajstić information content (AvgIpc) is 2.69. The second-order valence-corrected chi connectivity index (χ2v) is 4.91. The van der Waals surface area contributed by atoms with Gasteiger partial charge in [-0.15, -0.1) is 0 Å². The van der Waals surface area contributed by atoms with Crippen LogP contribution in [0, 0.1) is 0 Å². The first kappa shape index (κ1) is 11.6. The van der Waals surface area contributed by atoms with Gasteiger partial charge in [-0.25, -0.2) is 0 Å². The van der Waals surface area contributed by atoms with E-state index in [1.807, 2.05) is 29.2 Å². The summed E-state index contributed by atoms with van der Waals surface area (Å²) in [7, 11) is 0. The number of hydrogen-bond acceptors (Lipinski definition) is 2. The van der Waals surface area contributed by atoms with Gasteiger partial charge in [0.1, 0.15) is 6.04 Å². The number of rotatable bonds is 3. The topological polar surface area (TPSA) is 40.5 Å². The molecule has 0 aliphatic carbocycles. The Hall–Kier alpha value is -0.870. The number of benzene rings is 1. The number of likely N-dealkylation sites (tertiary alicyclic amines) is 1. The molecule has 0 spiro atoms. The molecule has 0 amide bonds. The zero-order chi connectivity index (χ0) is 11.5. The van der Waals surface area contributed by atoms with Gasteiger partial charge in [0.05, 0.1) is 0 Å². The molecule has 3 nitrogen and oxygen atoms in total. The van der Waals surface area contributed by atoms with Gasteiger partial charge in [0.2, 0.25) is 0 Å². The van der Waals surface area contributed by atoms with Crippen molar-refractivity contribution in [2.75, 3.05) is 6.54 Å². The van der Waals surface area contributed by atoms with E-state index in [0.717, 1.165) is 29.4 Å². The Morgan fingerprint density at radius 3 is 2.94 bits per heavy atom. The molecule has 1 unspecified atom stereocenters. The van der Waals surface area contributed by atoms with E-state index < -0.39 is 5.97 Å². The predicted octanol–water partition coefficient (Wildman–Crippen LogP) is 2.50.